The summed E-state index contributed by atoms with van der Waals surface area (Å²) in [5.41, 5.74) is 29.1. The normalized spacial score (nSPS) is 15.4. The van der Waals surface area contributed by atoms with Gasteiger partial charge in [-0.05, 0) is 174 Å². The Hall–Kier alpha value is -8.26. The lowest BCUT2D eigenvalue weighted by Crippen LogP contribution is -2.30. The lowest BCUT2D eigenvalue weighted by molar-refractivity contribution is 0.660. The first-order chi connectivity index (χ1) is 34.6. The summed E-state index contributed by atoms with van der Waals surface area (Å²) >= 11 is 0. The molecular weight excluding hydrogens is 857 g/mol. The second-order valence-electron chi connectivity index (χ2n) is 20.5. The minimum Gasteiger partial charge on any atom is -0.456 e. The molecule has 340 valence electrons. The molecule has 2 aliphatic rings. The van der Waals surface area contributed by atoms with E-state index < -0.39 is 5.41 Å². The molecule has 11 aromatic rings. The van der Waals surface area contributed by atoms with E-state index in [0.717, 1.165) is 33.1 Å². The lowest BCUT2D eigenvalue weighted by atomic mass is 9.65. The fraction of sp³-hybridized carbons (Fsp3) is 0.114. The van der Waals surface area contributed by atoms with Crippen molar-refractivity contribution in [3.8, 4) is 44.5 Å². The van der Waals surface area contributed by atoms with E-state index in [2.05, 4.69) is 254 Å². The highest BCUT2D eigenvalue weighted by molar-refractivity contribution is 6.12. The van der Waals surface area contributed by atoms with Crippen molar-refractivity contribution in [2.75, 3.05) is 0 Å². The van der Waals surface area contributed by atoms with Crippen molar-refractivity contribution in [1.82, 2.24) is 0 Å². The molecule has 0 radical (unpaired) electrons. The maximum Gasteiger partial charge on any atom is 0.136 e. The molecule has 0 aliphatic heterocycles. The van der Waals surface area contributed by atoms with Crippen LogP contribution in [0.25, 0.3) is 78.1 Å². The molecule has 1 atom stereocenters. The average molecular weight is 911 g/mol. The van der Waals surface area contributed by atoms with Crippen molar-refractivity contribution in [3.63, 3.8) is 0 Å². The zero-order chi connectivity index (χ0) is 48.2. The predicted molar refractivity (Wildman–Crippen MR) is 298 cm³/mol. The van der Waals surface area contributed by atoms with Gasteiger partial charge in [-0.1, -0.05) is 208 Å². The van der Waals surface area contributed by atoms with Gasteiger partial charge < -0.3 is 4.42 Å². The molecule has 13 rings (SSSR count). The van der Waals surface area contributed by atoms with E-state index in [1.807, 2.05) is 6.07 Å². The molecule has 1 nitrogen and oxygen atoms in total. The van der Waals surface area contributed by atoms with Crippen LogP contribution in [-0.2, 0) is 10.8 Å². The second-order valence-corrected chi connectivity index (χ2v) is 20.5. The van der Waals surface area contributed by atoms with E-state index in [1.54, 1.807) is 0 Å². The number of para-hydroxylation sites is 1. The molecule has 71 heavy (non-hydrogen) atoms. The molecule has 1 unspecified atom stereocenters. The Morgan fingerprint density at radius 2 is 1.06 bits per heavy atom. The maximum atomic E-state index is 6.33. The quantitative estimate of drug-likeness (QED) is 0.145. The molecule has 1 heterocycles. The first-order valence-corrected chi connectivity index (χ1v) is 25.1. The van der Waals surface area contributed by atoms with Gasteiger partial charge in [-0.15, -0.1) is 0 Å². The molecule has 2 aliphatic carbocycles. The van der Waals surface area contributed by atoms with Gasteiger partial charge >= 0.3 is 0 Å². The molecule has 1 aromatic heterocycles. The van der Waals surface area contributed by atoms with E-state index in [9.17, 15) is 0 Å². The highest BCUT2D eigenvalue weighted by Gasteiger charge is 2.49. The monoisotopic (exact) mass is 910 g/mol. The van der Waals surface area contributed by atoms with Crippen molar-refractivity contribution in [2.24, 2.45) is 0 Å². The van der Waals surface area contributed by atoms with Crippen molar-refractivity contribution in [1.29, 1.82) is 0 Å². The highest BCUT2D eigenvalue weighted by atomic mass is 16.3. The highest BCUT2D eigenvalue weighted by Crippen LogP contribution is 2.61. The summed E-state index contributed by atoms with van der Waals surface area (Å²) < 4.78 is 6.33. The first-order valence-electron chi connectivity index (χ1n) is 25.1. The smallest absolute Gasteiger partial charge is 0.136 e. The van der Waals surface area contributed by atoms with Gasteiger partial charge in [-0.3, -0.25) is 0 Å². The Balaban J connectivity index is 1.08. The van der Waals surface area contributed by atoms with Gasteiger partial charge in [0.25, 0.3) is 0 Å². The van der Waals surface area contributed by atoms with Crippen LogP contribution in [0.1, 0.15) is 86.2 Å². The topological polar surface area (TPSA) is 13.1 Å². The standard InChI is InChI=1S/C70H54O/c1-43-38-60-63(40-44(43)2)70(52-20-11-8-12-21-52,53-35-32-49(33-36-53)48-18-9-7-10-19-48)68-46(4)45(3)39-59(67(60)68)58(51-34-37-56-55-22-13-15-25-61(55)69(5,6)62(56)42-51)41-47-28-30-50(31-29-47)54-24-17-27-65-66(54)57-23-14-16-26-64(57)71-65/h7-42H,1-6H3/b58-41-. The molecule has 0 saturated carbocycles. The van der Waals surface area contributed by atoms with Crippen LogP contribution in [0, 0.1) is 27.7 Å². The summed E-state index contributed by atoms with van der Waals surface area (Å²) in [6.45, 7) is 14.0. The van der Waals surface area contributed by atoms with Gasteiger partial charge in [-0.2, -0.15) is 0 Å². The molecule has 0 saturated heterocycles. The van der Waals surface area contributed by atoms with Crippen LogP contribution in [0.15, 0.2) is 217 Å². The van der Waals surface area contributed by atoms with Crippen molar-refractivity contribution in [2.45, 2.75) is 52.4 Å². The minimum atomic E-state index is -0.586. The van der Waals surface area contributed by atoms with Crippen molar-refractivity contribution < 1.29 is 4.42 Å². The summed E-state index contributed by atoms with van der Waals surface area (Å²) in [6, 6.07) is 79.2. The third kappa shape index (κ3) is 6.46. The zero-order valence-corrected chi connectivity index (χ0v) is 41.2. The van der Waals surface area contributed by atoms with Crippen LogP contribution in [0.5, 0.6) is 0 Å². The molecule has 0 N–H and O–H groups in total. The van der Waals surface area contributed by atoms with Crippen LogP contribution in [0.3, 0.4) is 0 Å². The van der Waals surface area contributed by atoms with Gasteiger partial charge in [0, 0.05) is 16.2 Å². The summed E-state index contributed by atoms with van der Waals surface area (Å²) in [7, 11) is 0. The fourth-order valence-corrected chi connectivity index (χ4v) is 12.5. The largest absolute Gasteiger partial charge is 0.456 e. The predicted octanol–water partition coefficient (Wildman–Crippen LogP) is 18.4. The van der Waals surface area contributed by atoms with E-state index in [0.29, 0.717) is 0 Å². The molecule has 0 amide bonds. The molecule has 0 fully saturated rings. The maximum absolute atomic E-state index is 6.33. The Labute approximate surface area is 417 Å². The number of fused-ring (bicyclic) bond motifs is 9. The van der Waals surface area contributed by atoms with Crippen molar-refractivity contribution >= 4 is 33.6 Å². The number of furan rings is 1. The zero-order valence-electron chi connectivity index (χ0n) is 41.2. The Morgan fingerprint density at radius 3 is 1.85 bits per heavy atom. The van der Waals surface area contributed by atoms with Gasteiger partial charge in [0.2, 0.25) is 0 Å². The number of hydrogen-bond acceptors (Lipinski definition) is 1. The Kier molecular flexibility index (Phi) is 9.74. The number of benzene rings is 10. The molecule has 0 spiro atoms. The van der Waals surface area contributed by atoms with E-state index >= 15 is 0 Å². The Morgan fingerprint density at radius 1 is 0.437 bits per heavy atom. The number of hydrogen-bond donors (Lipinski definition) is 0. The number of rotatable bonds is 7. The molecule has 10 aromatic carbocycles. The fourth-order valence-electron chi connectivity index (χ4n) is 12.5. The third-order valence-corrected chi connectivity index (χ3v) is 16.3. The van der Waals surface area contributed by atoms with E-state index in [-0.39, 0.29) is 5.41 Å². The van der Waals surface area contributed by atoms with Crippen LogP contribution in [0.4, 0.5) is 0 Å². The molecular formula is C70H54O. The molecule has 0 bridgehead atoms. The van der Waals surface area contributed by atoms with Gasteiger partial charge in [0.15, 0.2) is 0 Å². The summed E-state index contributed by atoms with van der Waals surface area (Å²) in [5.74, 6) is 0. The second kappa shape index (κ2) is 16.2. The minimum absolute atomic E-state index is 0.159. The van der Waals surface area contributed by atoms with Crippen LogP contribution >= 0.6 is 0 Å². The third-order valence-electron chi connectivity index (χ3n) is 16.3. The summed E-state index contributed by atoms with van der Waals surface area (Å²) in [5, 5.41) is 2.29. The van der Waals surface area contributed by atoms with Gasteiger partial charge in [0.1, 0.15) is 11.2 Å². The summed E-state index contributed by atoms with van der Waals surface area (Å²) in [6.07, 6.45) is 2.46. The average Bonchev–Trinajstić information content (AvgIpc) is 4.02. The molecule has 1 heteroatoms. The summed E-state index contributed by atoms with van der Waals surface area (Å²) in [4.78, 5) is 0. The SMILES string of the molecule is Cc1cc2c(cc1C)C(c1ccccc1)(c1ccc(-c3ccccc3)cc1)c1c(C)c(C)cc(/C(=C\c3ccc(-c4cccc5oc6ccccc6c45)cc3)c3ccc4c(c3)C(C)(C)c3ccccc3-4)c1-2. The van der Waals surface area contributed by atoms with E-state index in [4.69, 9.17) is 4.42 Å². The van der Waals surface area contributed by atoms with Crippen LogP contribution < -0.4 is 0 Å². The van der Waals surface area contributed by atoms with Crippen molar-refractivity contribution in [3.05, 3.63) is 285 Å². The number of aryl methyl sites for hydroxylation is 3. The lowest BCUT2D eigenvalue weighted by Gasteiger charge is -2.36. The van der Waals surface area contributed by atoms with E-state index in [1.165, 1.54) is 111 Å². The van der Waals surface area contributed by atoms with Gasteiger partial charge in [0.05, 0.1) is 5.41 Å². The first kappa shape index (κ1) is 42.8. The van der Waals surface area contributed by atoms with Gasteiger partial charge in [-0.25, -0.2) is 0 Å². The Bertz CT molecular complexity index is 3960. The van der Waals surface area contributed by atoms with Crippen LogP contribution in [-0.4, -0.2) is 0 Å². The van der Waals surface area contributed by atoms with Crippen LogP contribution in [0.2, 0.25) is 0 Å².